The van der Waals surface area contributed by atoms with Gasteiger partial charge in [0.05, 0.1) is 23.9 Å². The Morgan fingerprint density at radius 2 is 1.70 bits per heavy atom. The number of amides is 2. The minimum absolute atomic E-state index is 0.00152. The molecule has 4 aromatic rings. The van der Waals surface area contributed by atoms with E-state index in [1.807, 2.05) is 63.3 Å². The molecule has 428 valence electrons. The molecule has 2 aromatic carbocycles. The van der Waals surface area contributed by atoms with E-state index in [9.17, 15) is 41.7 Å². The molecule has 5 atom stereocenters. The van der Waals surface area contributed by atoms with Crippen molar-refractivity contribution in [3.05, 3.63) is 119 Å². The SMILES string of the molecule is CC[N+](CC)=c1ccc2c(/C=C/C=C3/N(CCCCCC(=O)NCCNC(=O)O[C@@H]4[C@H](O)[C@@H](COP(=O)(O)OP(=O)(O)O)O[C@H]4n4cnc5c(N)ncnc54)c4ccc(S(=O)(=O)O)cc4C3(C)C)c(C)c(-c3ccccc3)oc-2c1. The third kappa shape index (κ3) is 13.6. The van der Waals surface area contributed by atoms with Crippen LogP contribution in [0.3, 0.4) is 0 Å². The molecule has 1 fully saturated rings. The van der Waals surface area contributed by atoms with Crippen molar-refractivity contribution in [2.75, 3.05) is 50.0 Å². The molecule has 0 bridgehead atoms. The minimum atomic E-state index is -5.47. The molecule has 80 heavy (non-hydrogen) atoms. The van der Waals surface area contributed by atoms with Crippen molar-refractivity contribution in [1.29, 1.82) is 0 Å². The predicted octanol–water partition coefficient (Wildman–Crippen LogP) is 5.79. The lowest BCUT2D eigenvalue weighted by molar-refractivity contribution is -0.121. The van der Waals surface area contributed by atoms with Gasteiger partial charge in [-0.2, -0.15) is 12.7 Å². The van der Waals surface area contributed by atoms with E-state index < -0.39 is 68.4 Å². The quantitative estimate of drug-likeness (QED) is 0.0172. The standard InChI is InChI=1S/C52H63N9O16P2S/c1-6-59(7-2)34-20-22-37-36(32(3)46(74-40(37)27-34)33-15-10-8-11-16-33)17-14-18-42-52(4,5)38-28-35(80(70,71)72)21-23-39(38)60(42)26-13-9-12-19-43(62)54-24-25-55-51(64)76-47-45(63)41(29-73-79(68,69)77-78(65,66)67)75-50(47)61-31-58-44-48(53)56-30-57-49(44)61/h8,10-11,14-18,20-23,27-28,30-31,41,45,47,50,63H,6-7,9,12-13,19,24-26,29H2,1-5H3,(H7-,53,54,55,56,57,62,64,65,66,67,68,69,70,71,72)/p+1/t41-,45-,47-,50-/m1/s1. The second kappa shape index (κ2) is 24.6. The van der Waals surface area contributed by atoms with Gasteiger partial charge in [0.15, 0.2) is 23.8 Å². The Labute approximate surface area is 460 Å². The number of nitrogens with one attached hydrogen (secondary N) is 2. The molecular formula is C52H64N9O16P2S+. The van der Waals surface area contributed by atoms with Crippen molar-refractivity contribution in [2.45, 2.75) is 95.2 Å². The highest BCUT2D eigenvalue weighted by atomic mass is 32.2. The summed E-state index contributed by atoms with van der Waals surface area (Å²) in [6.45, 7) is 11.4. The van der Waals surface area contributed by atoms with Gasteiger partial charge in [0.25, 0.3) is 10.1 Å². The average Bonchev–Trinajstić information content (AvgIpc) is 4.19. The first-order valence-corrected chi connectivity index (χ1v) is 30.1. The van der Waals surface area contributed by atoms with Gasteiger partial charge < -0.3 is 54.9 Å². The van der Waals surface area contributed by atoms with Crippen molar-refractivity contribution < 1.29 is 74.2 Å². The van der Waals surface area contributed by atoms with E-state index in [0.29, 0.717) is 25.8 Å². The maximum absolute atomic E-state index is 13.1. The summed E-state index contributed by atoms with van der Waals surface area (Å²) in [7, 11) is -15.3. The van der Waals surface area contributed by atoms with E-state index in [2.05, 4.69) is 82.0 Å². The van der Waals surface area contributed by atoms with Crippen LogP contribution in [0, 0.1) is 6.92 Å². The lowest BCUT2D eigenvalue weighted by Gasteiger charge is -2.27. The number of nitrogens with two attached hydrogens (primary N) is 1. The van der Waals surface area contributed by atoms with Crippen LogP contribution in [-0.2, 0) is 47.8 Å². The van der Waals surface area contributed by atoms with Crippen molar-refractivity contribution in [2.24, 2.45) is 0 Å². The largest absolute Gasteiger partial charge is 0.481 e. The fraction of sp³-hybridized carbons (Fsp3) is 0.385. The molecule has 0 radical (unpaired) electrons. The van der Waals surface area contributed by atoms with E-state index in [0.717, 1.165) is 75.5 Å². The lowest BCUT2D eigenvalue weighted by Crippen LogP contribution is -2.41. The predicted molar refractivity (Wildman–Crippen MR) is 294 cm³/mol. The Balaban J connectivity index is 0.896. The molecule has 4 aliphatic rings. The fourth-order valence-corrected chi connectivity index (χ4v) is 12.0. The van der Waals surface area contributed by atoms with Crippen molar-refractivity contribution in [3.8, 4) is 22.6 Å². The highest BCUT2D eigenvalue weighted by molar-refractivity contribution is 7.85. The molecule has 1 saturated heterocycles. The molecular weight excluding hydrogens is 1100 g/mol. The number of aliphatic hydroxyl groups is 1. The van der Waals surface area contributed by atoms with Crippen LogP contribution in [0.15, 0.2) is 107 Å². The normalized spacial score (nSPS) is 19.4. The zero-order chi connectivity index (χ0) is 57.7. The van der Waals surface area contributed by atoms with Gasteiger partial charge in [-0.3, -0.25) is 18.4 Å². The maximum atomic E-state index is 13.1. The minimum Gasteiger partial charge on any atom is -0.456 e. The molecule has 1 unspecified atom stereocenters. The van der Waals surface area contributed by atoms with Gasteiger partial charge in [-0.1, -0.05) is 62.8 Å². The number of aliphatic hydroxyl groups excluding tert-OH is 1. The number of allylic oxidation sites excluding steroid dienone is 3. The van der Waals surface area contributed by atoms with E-state index >= 15 is 0 Å². The van der Waals surface area contributed by atoms with Gasteiger partial charge in [0.1, 0.15) is 48.7 Å². The Morgan fingerprint density at radius 1 is 0.963 bits per heavy atom. The van der Waals surface area contributed by atoms with Crippen LogP contribution in [0.4, 0.5) is 16.3 Å². The summed E-state index contributed by atoms with van der Waals surface area (Å²) in [5.41, 5.74) is 11.7. The maximum Gasteiger partial charge on any atom is 0.481 e. The molecule has 28 heteroatoms. The zero-order valence-corrected chi connectivity index (χ0v) is 47.0. The van der Waals surface area contributed by atoms with Gasteiger partial charge in [0.2, 0.25) is 11.3 Å². The Morgan fingerprint density at radius 3 is 2.41 bits per heavy atom. The molecule has 2 amide bonds. The molecule has 5 heterocycles. The van der Waals surface area contributed by atoms with Gasteiger partial charge >= 0.3 is 21.7 Å². The number of rotatable bonds is 22. The zero-order valence-electron chi connectivity index (χ0n) is 44.4. The van der Waals surface area contributed by atoms with E-state index in [1.54, 1.807) is 6.07 Å². The number of phosphoric ester groups is 1. The number of unbranched alkanes of at least 4 members (excludes halogenated alkanes) is 2. The van der Waals surface area contributed by atoms with Crippen molar-refractivity contribution in [1.82, 2.24) is 34.7 Å². The van der Waals surface area contributed by atoms with E-state index in [4.69, 9.17) is 29.4 Å². The number of nitrogen functional groups attached to an aromatic ring is 1. The Bertz CT molecular complexity index is 3580. The number of phosphoric acid groups is 2. The van der Waals surface area contributed by atoms with Crippen molar-refractivity contribution >= 4 is 66.5 Å². The summed E-state index contributed by atoms with van der Waals surface area (Å²) >= 11 is 0. The topological polar surface area (TPSA) is 354 Å². The first kappa shape index (κ1) is 59.5. The molecule has 0 spiro atoms. The molecule has 1 aliphatic carbocycles. The first-order valence-electron chi connectivity index (χ1n) is 25.6. The van der Waals surface area contributed by atoms with Crippen LogP contribution < -0.4 is 31.2 Å². The number of nitrogens with zero attached hydrogens (tertiary/aromatic N) is 6. The number of carbonyl (C=O) groups is 2. The van der Waals surface area contributed by atoms with Crippen LogP contribution in [0.1, 0.15) is 76.3 Å². The molecule has 2 aromatic heterocycles. The smallest absolute Gasteiger partial charge is 0.456 e. The number of hydrogen-bond donors (Lipinski definition) is 8. The lowest BCUT2D eigenvalue weighted by atomic mass is 9.83. The van der Waals surface area contributed by atoms with E-state index in [-0.39, 0.29) is 47.3 Å². The number of benzene rings is 3. The molecule has 0 saturated carbocycles. The monoisotopic (exact) mass is 1160 g/mol. The van der Waals surface area contributed by atoms with Crippen LogP contribution >= 0.6 is 15.6 Å². The number of fused-ring (bicyclic) bond motifs is 3. The molecule has 3 aliphatic heterocycles. The fourth-order valence-electron chi connectivity index (χ4n) is 9.93. The molecule has 25 nitrogen and oxygen atoms in total. The average molecular weight is 1170 g/mol. The summed E-state index contributed by atoms with van der Waals surface area (Å²) in [5, 5.41) is 17.5. The van der Waals surface area contributed by atoms with Crippen LogP contribution in [0.2, 0.25) is 0 Å². The van der Waals surface area contributed by atoms with Crippen LogP contribution in [-0.4, -0.2) is 122 Å². The van der Waals surface area contributed by atoms with E-state index in [1.165, 1.54) is 23.0 Å². The summed E-state index contributed by atoms with van der Waals surface area (Å²) < 4.78 is 88.0. The number of imidazole rings is 1. The molecule has 8 rings (SSSR count). The third-order valence-electron chi connectivity index (χ3n) is 13.9. The van der Waals surface area contributed by atoms with Crippen LogP contribution in [0.25, 0.3) is 39.9 Å². The van der Waals surface area contributed by atoms with Gasteiger partial charge in [-0.25, -0.2) is 33.5 Å². The number of carbonyl (C=O) groups excluding carboxylic acids is 2. The second-order valence-electron chi connectivity index (χ2n) is 19.5. The summed E-state index contributed by atoms with van der Waals surface area (Å²) in [5.74, 6) is 1.20. The number of hydrogen-bond acceptors (Lipinski definition) is 17. The van der Waals surface area contributed by atoms with Crippen molar-refractivity contribution in [3.63, 3.8) is 0 Å². The van der Waals surface area contributed by atoms with Gasteiger partial charge in [-0.05, 0) is 75.1 Å². The summed E-state index contributed by atoms with van der Waals surface area (Å²) in [4.78, 5) is 67.9. The Hall–Kier alpha value is -6.67. The first-order chi connectivity index (χ1) is 37.9. The number of ether oxygens (including phenoxy) is 2. The number of anilines is 2. The highest BCUT2D eigenvalue weighted by Crippen LogP contribution is 2.58. The Kier molecular flexibility index (Phi) is 18.3. The number of alkyl carbamates (subject to hydrolysis) is 1. The number of aromatic nitrogens is 4. The van der Waals surface area contributed by atoms with Gasteiger partial charge in [0, 0.05) is 65.6 Å². The second-order valence-corrected chi connectivity index (χ2v) is 23.7. The molecule has 9 N–H and O–H groups in total. The van der Waals surface area contributed by atoms with Gasteiger partial charge in [-0.15, -0.1) is 0 Å². The summed E-state index contributed by atoms with van der Waals surface area (Å²) in [6, 6.07) is 20.8. The third-order valence-corrected chi connectivity index (χ3v) is 16.9. The highest BCUT2D eigenvalue weighted by Gasteiger charge is 2.49. The summed E-state index contributed by atoms with van der Waals surface area (Å²) in [6.07, 6.45) is 3.12. The van der Waals surface area contributed by atoms with Crippen LogP contribution in [0.5, 0.6) is 0 Å².